The highest BCUT2D eigenvalue weighted by Crippen LogP contribution is 2.34. The second-order valence-electron chi connectivity index (χ2n) is 6.15. The van der Waals surface area contributed by atoms with Crippen LogP contribution in [0.25, 0.3) is 0 Å². The van der Waals surface area contributed by atoms with Gasteiger partial charge in [-0.15, -0.1) is 0 Å². The van der Waals surface area contributed by atoms with Crippen molar-refractivity contribution in [2.24, 2.45) is 11.8 Å². The van der Waals surface area contributed by atoms with Crippen LogP contribution in [0.3, 0.4) is 0 Å². The van der Waals surface area contributed by atoms with E-state index in [0.29, 0.717) is 5.92 Å². The summed E-state index contributed by atoms with van der Waals surface area (Å²) >= 11 is 0. The molecule has 1 aliphatic heterocycles. The molecule has 3 unspecified atom stereocenters. The van der Waals surface area contributed by atoms with Crippen molar-refractivity contribution in [2.75, 3.05) is 13.2 Å². The molecule has 19 heavy (non-hydrogen) atoms. The Bertz CT molecular complexity index is 205. The molecule has 1 heterocycles. The maximum atomic E-state index is 9.44. The normalized spacial score (nSPS) is 24.8. The SMILES string of the molecule is CCCCCCC(CCCCC)C1CCOC1CO. The molecule has 2 heteroatoms. The zero-order valence-electron chi connectivity index (χ0n) is 13.1. The van der Waals surface area contributed by atoms with E-state index in [1.165, 1.54) is 57.8 Å². The summed E-state index contributed by atoms with van der Waals surface area (Å²) in [6.07, 6.45) is 13.4. The molecule has 0 aromatic heterocycles. The first-order valence-electron chi connectivity index (χ1n) is 8.55. The van der Waals surface area contributed by atoms with E-state index in [-0.39, 0.29) is 12.7 Å². The van der Waals surface area contributed by atoms with Gasteiger partial charge in [-0.05, 0) is 18.3 Å². The number of unbranched alkanes of at least 4 members (excludes halogenated alkanes) is 5. The van der Waals surface area contributed by atoms with Gasteiger partial charge in [0.1, 0.15) is 0 Å². The molecule has 1 aliphatic rings. The average Bonchev–Trinajstić information content (AvgIpc) is 2.90. The molecule has 0 aliphatic carbocycles. The second kappa shape index (κ2) is 10.7. The lowest BCUT2D eigenvalue weighted by Gasteiger charge is -2.27. The third-order valence-corrected chi connectivity index (χ3v) is 4.65. The molecule has 3 atom stereocenters. The van der Waals surface area contributed by atoms with E-state index in [1.54, 1.807) is 0 Å². The van der Waals surface area contributed by atoms with E-state index < -0.39 is 0 Å². The molecule has 0 aromatic carbocycles. The van der Waals surface area contributed by atoms with Gasteiger partial charge >= 0.3 is 0 Å². The van der Waals surface area contributed by atoms with Crippen molar-refractivity contribution in [2.45, 2.75) is 84.2 Å². The van der Waals surface area contributed by atoms with Crippen LogP contribution in [0.1, 0.15) is 78.1 Å². The van der Waals surface area contributed by atoms with Gasteiger partial charge in [-0.1, -0.05) is 71.6 Å². The Morgan fingerprint density at radius 3 is 2.26 bits per heavy atom. The van der Waals surface area contributed by atoms with Crippen molar-refractivity contribution in [1.82, 2.24) is 0 Å². The molecule has 0 radical (unpaired) electrons. The highest BCUT2D eigenvalue weighted by molar-refractivity contribution is 4.82. The summed E-state index contributed by atoms with van der Waals surface area (Å²) in [5.41, 5.74) is 0. The minimum Gasteiger partial charge on any atom is -0.394 e. The number of ether oxygens (including phenoxy) is 1. The first-order chi connectivity index (χ1) is 9.33. The zero-order chi connectivity index (χ0) is 13.9. The van der Waals surface area contributed by atoms with E-state index in [2.05, 4.69) is 13.8 Å². The van der Waals surface area contributed by atoms with Gasteiger partial charge in [0.15, 0.2) is 0 Å². The molecular weight excluding hydrogens is 236 g/mol. The van der Waals surface area contributed by atoms with E-state index in [4.69, 9.17) is 4.74 Å². The van der Waals surface area contributed by atoms with Gasteiger partial charge in [-0.2, -0.15) is 0 Å². The quantitative estimate of drug-likeness (QED) is 0.558. The van der Waals surface area contributed by atoms with Crippen molar-refractivity contribution in [3.63, 3.8) is 0 Å². The lowest BCUT2D eigenvalue weighted by molar-refractivity contribution is 0.0242. The molecule has 0 amide bonds. The molecule has 0 saturated carbocycles. The van der Waals surface area contributed by atoms with Crippen LogP contribution in [-0.2, 0) is 4.74 Å². The Morgan fingerprint density at radius 1 is 1.00 bits per heavy atom. The fraction of sp³-hybridized carbons (Fsp3) is 1.00. The fourth-order valence-electron chi connectivity index (χ4n) is 3.45. The molecule has 2 nitrogen and oxygen atoms in total. The third kappa shape index (κ3) is 6.27. The standard InChI is InChI=1S/C17H34O2/c1-3-5-7-9-11-15(10-8-6-4-2)16-12-13-19-17(16)14-18/h15-18H,3-14H2,1-2H3. The van der Waals surface area contributed by atoms with Crippen LogP contribution in [0.15, 0.2) is 0 Å². The molecule has 1 rings (SSSR count). The lowest BCUT2D eigenvalue weighted by atomic mass is 9.80. The fourth-order valence-corrected chi connectivity index (χ4v) is 3.45. The third-order valence-electron chi connectivity index (χ3n) is 4.65. The summed E-state index contributed by atoms with van der Waals surface area (Å²) in [6, 6.07) is 0. The maximum Gasteiger partial charge on any atom is 0.0837 e. The monoisotopic (exact) mass is 270 g/mol. The van der Waals surface area contributed by atoms with Crippen molar-refractivity contribution in [1.29, 1.82) is 0 Å². The van der Waals surface area contributed by atoms with E-state index in [0.717, 1.165) is 18.9 Å². The van der Waals surface area contributed by atoms with Crippen LogP contribution in [0, 0.1) is 11.8 Å². The highest BCUT2D eigenvalue weighted by Gasteiger charge is 2.33. The maximum absolute atomic E-state index is 9.44. The van der Waals surface area contributed by atoms with Crippen molar-refractivity contribution >= 4 is 0 Å². The predicted octanol–water partition coefficient (Wildman–Crippen LogP) is 4.55. The Hall–Kier alpha value is -0.0800. The van der Waals surface area contributed by atoms with Gasteiger partial charge in [0, 0.05) is 6.61 Å². The topological polar surface area (TPSA) is 29.5 Å². The minimum absolute atomic E-state index is 0.123. The Morgan fingerprint density at radius 2 is 1.63 bits per heavy atom. The van der Waals surface area contributed by atoms with Crippen LogP contribution in [0.4, 0.5) is 0 Å². The zero-order valence-corrected chi connectivity index (χ0v) is 13.1. The van der Waals surface area contributed by atoms with Crippen LogP contribution < -0.4 is 0 Å². The number of aliphatic hydroxyl groups excluding tert-OH is 1. The van der Waals surface area contributed by atoms with E-state index in [1.807, 2.05) is 0 Å². The summed E-state index contributed by atoms with van der Waals surface area (Å²) in [7, 11) is 0. The van der Waals surface area contributed by atoms with Crippen LogP contribution >= 0.6 is 0 Å². The smallest absolute Gasteiger partial charge is 0.0837 e. The van der Waals surface area contributed by atoms with Gasteiger partial charge in [0.05, 0.1) is 12.7 Å². The minimum atomic E-state index is 0.123. The average molecular weight is 270 g/mol. The number of aliphatic hydroxyl groups is 1. The highest BCUT2D eigenvalue weighted by atomic mass is 16.5. The largest absolute Gasteiger partial charge is 0.394 e. The molecular formula is C17H34O2. The first kappa shape index (κ1) is 17.0. The van der Waals surface area contributed by atoms with Gasteiger partial charge < -0.3 is 9.84 Å². The van der Waals surface area contributed by atoms with Crippen molar-refractivity contribution in [3.8, 4) is 0 Å². The van der Waals surface area contributed by atoms with Gasteiger partial charge in [-0.25, -0.2) is 0 Å². The summed E-state index contributed by atoms with van der Waals surface area (Å²) in [5.74, 6) is 1.39. The van der Waals surface area contributed by atoms with Gasteiger partial charge in [0.2, 0.25) is 0 Å². The Labute approximate surface area is 119 Å². The summed E-state index contributed by atoms with van der Waals surface area (Å²) in [4.78, 5) is 0. The molecule has 1 fully saturated rings. The van der Waals surface area contributed by atoms with Crippen LogP contribution in [0.5, 0.6) is 0 Å². The summed E-state index contributed by atoms with van der Waals surface area (Å²) in [5, 5.41) is 9.44. The predicted molar refractivity (Wildman–Crippen MR) is 81.3 cm³/mol. The van der Waals surface area contributed by atoms with Crippen molar-refractivity contribution < 1.29 is 9.84 Å². The summed E-state index contributed by atoms with van der Waals surface area (Å²) in [6.45, 7) is 5.61. The summed E-state index contributed by atoms with van der Waals surface area (Å²) < 4.78 is 5.68. The Kier molecular flexibility index (Phi) is 9.54. The second-order valence-corrected chi connectivity index (χ2v) is 6.15. The number of hydrogen-bond acceptors (Lipinski definition) is 2. The van der Waals surface area contributed by atoms with E-state index in [9.17, 15) is 5.11 Å². The van der Waals surface area contributed by atoms with Gasteiger partial charge in [-0.3, -0.25) is 0 Å². The van der Waals surface area contributed by atoms with Gasteiger partial charge in [0.25, 0.3) is 0 Å². The lowest BCUT2D eigenvalue weighted by Crippen LogP contribution is -2.27. The molecule has 0 aromatic rings. The Balaban J connectivity index is 2.38. The molecule has 1 saturated heterocycles. The number of hydrogen-bond donors (Lipinski definition) is 1. The van der Waals surface area contributed by atoms with Crippen LogP contribution in [-0.4, -0.2) is 24.4 Å². The number of rotatable bonds is 11. The van der Waals surface area contributed by atoms with E-state index >= 15 is 0 Å². The van der Waals surface area contributed by atoms with Crippen LogP contribution in [0.2, 0.25) is 0 Å². The molecule has 0 bridgehead atoms. The molecule has 114 valence electrons. The molecule has 0 spiro atoms. The molecule has 1 N–H and O–H groups in total. The van der Waals surface area contributed by atoms with Crippen molar-refractivity contribution in [3.05, 3.63) is 0 Å². The first-order valence-corrected chi connectivity index (χ1v) is 8.55.